The molecule has 34 heavy (non-hydrogen) atoms. The number of carbonyl (C=O) groups excluding carboxylic acids is 2. The first-order valence-corrected chi connectivity index (χ1v) is 11.9. The summed E-state index contributed by atoms with van der Waals surface area (Å²) in [5.74, 6) is 1.11. The molecule has 1 N–H and O–H groups in total. The van der Waals surface area contributed by atoms with E-state index in [4.69, 9.17) is 25.8 Å². The van der Waals surface area contributed by atoms with Crippen LogP contribution >= 0.6 is 11.6 Å². The normalized spacial score (nSPS) is 13.4. The minimum atomic E-state index is -0.323. The molecule has 1 fully saturated rings. The molecule has 0 unspecified atom stereocenters. The first-order valence-electron chi connectivity index (χ1n) is 11.6. The highest BCUT2D eigenvalue weighted by atomic mass is 35.5. The first-order chi connectivity index (χ1) is 16.4. The van der Waals surface area contributed by atoms with Crippen LogP contribution in [-0.4, -0.2) is 62.7 Å². The van der Waals surface area contributed by atoms with Gasteiger partial charge in [0.1, 0.15) is 0 Å². The summed E-state index contributed by atoms with van der Waals surface area (Å²) < 4.78 is 17.2. The summed E-state index contributed by atoms with van der Waals surface area (Å²) >= 11 is 6.55. The average molecular weight is 490 g/mol. The van der Waals surface area contributed by atoms with Gasteiger partial charge in [0.05, 0.1) is 36.2 Å². The van der Waals surface area contributed by atoms with Crippen LogP contribution in [0.2, 0.25) is 5.02 Å². The Morgan fingerprint density at radius 1 is 0.941 bits per heavy atom. The largest absolute Gasteiger partial charge is 0.490 e. The summed E-state index contributed by atoms with van der Waals surface area (Å²) in [4.78, 5) is 28.9. The molecule has 9 heteroatoms. The van der Waals surface area contributed by atoms with Crippen LogP contribution in [0, 0.1) is 0 Å². The van der Waals surface area contributed by atoms with Crippen molar-refractivity contribution in [2.45, 2.75) is 27.7 Å². The maximum absolute atomic E-state index is 13.3. The lowest BCUT2D eigenvalue weighted by Gasteiger charge is -2.37. The van der Waals surface area contributed by atoms with Gasteiger partial charge in [0, 0.05) is 38.7 Å². The van der Waals surface area contributed by atoms with E-state index in [9.17, 15) is 9.59 Å². The molecule has 0 aromatic heterocycles. The molecular formula is C25H32ClN3O5. The van der Waals surface area contributed by atoms with Gasteiger partial charge in [0.2, 0.25) is 11.7 Å². The van der Waals surface area contributed by atoms with Gasteiger partial charge in [-0.3, -0.25) is 9.59 Å². The molecule has 0 atom stereocenters. The van der Waals surface area contributed by atoms with E-state index in [2.05, 4.69) is 10.2 Å². The Bertz CT molecular complexity index is 995. The summed E-state index contributed by atoms with van der Waals surface area (Å²) in [6.07, 6.45) is 0. The van der Waals surface area contributed by atoms with Crippen molar-refractivity contribution < 1.29 is 23.8 Å². The van der Waals surface area contributed by atoms with Crippen molar-refractivity contribution in [3.8, 4) is 17.2 Å². The number of benzene rings is 2. The molecule has 184 valence electrons. The Morgan fingerprint density at radius 2 is 1.53 bits per heavy atom. The van der Waals surface area contributed by atoms with Gasteiger partial charge >= 0.3 is 0 Å². The summed E-state index contributed by atoms with van der Waals surface area (Å²) in [6.45, 7) is 10.9. The van der Waals surface area contributed by atoms with Gasteiger partial charge in [-0.15, -0.1) is 0 Å². The minimum Gasteiger partial charge on any atom is -0.490 e. The van der Waals surface area contributed by atoms with Crippen molar-refractivity contribution in [1.82, 2.24) is 4.90 Å². The standard InChI is InChI=1S/C25H32ClN3O5/c1-5-32-21-15-18(16-22(33-6-2)24(21)34-7-3)25(31)27-20-10-8-9-19(26)23(20)29-13-11-28(12-14-29)17(4)30/h8-10,15-16H,5-7,11-14H2,1-4H3,(H,27,31). The second-order valence-electron chi connectivity index (χ2n) is 7.68. The zero-order valence-electron chi connectivity index (χ0n) is 20.2. The fraction of sp³-hybridized carbons (Fsp3) is 0.440. The number of amides is 2. The predicted molar refractivity (Wildman–Crippen MR) is 134 cm³/mol. The van der Waals surface area contributed by atoms with Gasteiger partial charge < -0.3 is 29.3 Å². The Labute approximate surface area is 205 Å². The van der Waals surface area contributed by atoms with E-state index >= 15 is 0 Å². The van der Waals surface area contributed by atoms with E-state index in [1.165, 1.54) is 0 Å². The van der Waals surface area contributed by atoms with Crippen LogP contribution in [0.3, 0.4) is 0 Å². The Hall–Kier alpha value is -3.13. The molecule has 0 spiro atoms. The van der Waals surface area contributed by atoms with Crippen molar-refractivity contribution in [2.75, 3.05) is 56.2 Å². The fourth-order valence-electron chi connectivity index (χ4n) is 3.90. The van der Waals surface area contributed by atoms with Gasteiger partial charge in [-0.25, -0.2) is 0 Å². The van der Waals surface area contributed by atoms with Crippen LogP contribution in [0.4, 0.5) is 11.4 Å². The maximum atomic E-state index is 13.3. The third kappa shape index (κ3) is 5.86. The molecule has 8 nitrogen and oxygen atoms in total. The molecule has 1 saturated heterocycles. The quantitative estimate of drug-likeness (QED) is 0.560. The van der Waals surface area contributed by atoms with E-state index in [1.807, 2.05) is 26.8 Å². The molecule has 2 aromatic rings. The number of nitrogens with one attached hydrogen (secondary N) is 1. The average Bonchev–Trinajstić information content (AvgIpc) is 2.81. The van der Waals surface area contributed by atoms with Crippen molar-refractivity contribution in [3.63, 3.8) is 0 Å². The topological polar surface area (TPSA) is 80.3 Å². The predicted octanol–water partition coefficient (Wildman–Crippen LogP) is 4.46. The fourth-order valence-corrected chi connectivity index (χ4v) is 4.19. The molecule has 2 amide bonds. The number of para-hydroxylation sites is 1. The molecule has 1 aliphatic heterocycles. The molecule has 0 bridgehead atoms. The number of piperazine rings is 1. The third-order valence-corrected chi connectivity index (χ3v) is 5.75. The molecule has 1 heterocycles. The lowest BCUT2D eigenvalue weighted by molar-refractivity contribution is -0.129. The zero-order valence-corrected chi connectivity index (χ0v) is 20.9. The number of carbonyl (C=O) groups is 2. The molecule has 2 aromatic carbocycles. The maximum Gasteiger partial charge on any atom is 0.255 e. The highest BCUT2D eigenvalue weighted by Gasteiger charge is 2.24. The number of hydrogen-bond donors (Lipinski definition) is 1. The molecule has 0 aliphatic carbocycles. The van der Waals surface area contributed by atoms with Crippen molar-refractivity contribution in [3.05, 3.63) is 40.9 Å². The monoisotopic (exact) mass is 489 g/mol. The summed E-state index contributed by atoms with van der Waals surface area (Å²) in [6, 6.07) is 8.71. The zero-order chi connectivity index (χ0) is 24.7. The smallest absolute Gasteiger partial charge is 0.255 e. The van der Waals surface area contributed by atoms with E-state index in [-0.39, 0.29) is 11.8 Å². The lowest BCUT2D eigenvalue weighted by atomic mass is 10.1. The number of anilines is 2. The minimum absolute atomic E-state index is 0.0537. The molecular weight excluding hydrogens is 458 g/mol. The Balaban J connectivity index is 1.90. The van der Waals surface area contributed by atoms with Crippen LogP contribution < -0.4 is 24.4 Å². The van der Waals surface area contributed by atoms with Crippen LogP contribution in [0.25, 0.3) is 0 Å². The summed E-state index contributed by atoms with van der Waals surface area (Å²) in [5.41, 5.74) is 1.71. The highest BCUT2D eigenvalue weighted by Crippen LogP contribution is 2.40. The Kier molecular flexibility index (Phi) is 8.87. The van der Waals surface area contributed by atoms with Gasteiger partial charge in [-0.05, 0) is 45.0 Å². The van der Waals surface area contributed by atoms with Crippen LogP contribution in [0.15, 0.2) is 30.3 Å². The van der Waals surface area contributed by atoms with E-state index < -0.39 is 0 Å². The highest BCUT2D eigenvalue weighted by molar-refractivity contribution is 6.34. The second kappa shape index (κ2) is 11.8. The second-order valence-corrected chi connectivity index (χ2v) is 8.09. The molecule has 3 rings (SSSR count). The number of nitrogens with zero attached hydrogens (tertiary/aromatic N) is 2. The van der Waals surface area contributed by atoms with Crippen LogP contribution in [-0.2, 0) is 4.79 Å². The van der Waals surface area contributed by atoms with E-state index in [0.29, 0.717) is 79.5 Å². The Morgan fingerprint density at radius 3 is 2.06 bits per heavy atom. The summed E-state index contributed by atoms with van der Waals surface area (Å²) in [5, 5.41) is 3.52. The molecule has 1 aliphatic rings. The molecule has 0 radical (unpaired) electrons. The number of rotatable bonds is 9. The van der Waals surface area contributed by atoms with Gasteiger partial charge in [-0.2, -0.15) is 0 Å². The van der Waals surface area contributed by atoms with Crippen LogP contribution in [0.5, 0.6) is 17.2 Å². The summed E-state index contributed by atoms with van der Waals surface area (Å²) in [7, 11) is 0. The van der Waals surface area contributed by atoms with Crippen molar-refractivity contribution in [1.29, 1.82) is 0 Å². The van der Waals surface area contributed by atoms with Gasteiger partial charge in [0.25, 0.3) is 5.91 Å². The van der Waals surface area contributed by atoms with Crippen molar-refractivity contribution >= 4 is 34.8 Å². The number of hydrogen-bond acceptors (Lipinski definition) is 6. The van der Waals surface area contributed by atoms with Gasteiger partial charge in [-0.1, -0.05) is 17.7 Å². The number of halogens is 1. The molecule has 0 saturated carbocycles. The first kappa shape index (κ1) is 25.5. The third-order valence-electron chi connectivity index (χ3n) is 5.45. The van der Waals surface area contributed by atoms with Crippen LogP contribution in [0.1, 0.15) is 38.1 Å². The SMILES string of the molecule is CCOc1cc(C(=O)Nc2cccc(Cl)c2N2CCN(C(C)=O)CC2)cc(OCC)c1OCC. The van der Waals surface area contributed by atoms with E-state index in [0.717, 1.165) is 5.69 Å². The lowest BCUT2D eigenvalue weighted by Crippen LogP contribution is -2.48. The van der Waals surface area contributed by atoms with E-state index in [1.54, 1.807) is 36.1 Å². The van der Waals surface area contributed by atoms with Crippen molar-refractivity contribution in [2.24, 2.45) is 0 Å². The van der Waals surface area contributed by atoms with Gasteiger partial charge in [0.15, 0.2) is 11.5 Å². The number of ether oxygens (including phenoxy) is 3.